The summed E-state index contributed by atoms with van der Waals surface area (Å²) < 4.78 is 6.18. The minimum Gasteiger partial charge on any atom is -0.446 e. The maximum atomic E-state index is 8.63. The molecule has 0 atom stereocenters. The molecule has 1 aromatic carbocycles. The third kappa shape index (κ3) is 2.06. The van der Waals surface area contributed by atoms with E-state index >= 15 is 0 Å². The van der Waals surface area contributed by atoms with Crippen LogP contribution in [0.3, 0.4) is 0 Å². The highest BCUT2D eigenvalue weighted by molar-refractivity contribution is 9.10. The average Bonchev–Trinajstić information content (AvgIpc) is 2.66. The van der Waals surface area contributed by atoms with Gasteiger partial charge in [-0.1, -0.05) is 27.5 Å². The van der Waals surface area contributed by atoms with Crippen LogP contribution in [0.1, 0.15) is 5.76 Å². The van der Waals surface area contributed by atoms with Gasteiger partial charge in [-0.25, -0.2) is 0 Å². The van der Waals surface area contributed by atoms with Crippen LogP contribution in [0.2, 0.25) is 5.02 Å². The second kappa shape index (κ2) is 4.09. The zero-order chi connectivity index (χ0) is 10.8. The van der Waals surface area contributed by atoms with Gasteiger partial charge in [-0.2, -0.15) is 5.26 Å². The lowest BCUT2D eigenvalue weighted by Gasteiger charge is -2.00. The molecule has 0 aliphatic heterocycles. The van der Waals surface area contributed by atoms with E-state index in [0.29, 0.717) is 10.8 Å². The monoisotopic (exact) mass is 281 g/mol. The number of benzene rings is 1. The first kappa shape index (κ1) is 10.3. The normalized spacial score (nSPS) is 9.93. The van der Waals surface area contributed by atoms with E-state index < -0.39 is 0 Å². The Bertz CT molecular complexity index is 542. The Balaban J connectivity index is 2.50. The van der Waals surface area contributed by atoms with E-state index in [0.717, 1.165) is 10.0 Å². The van der Waals surface area contributed by atoms with Gasteiger partial charge in [0.05, 0.1) is 5.02 Å². The zero-order valence-electron chi connectivity index (χ0n) is 7.50. The minimum atomic E-state index is 0.281. The molecule has 4 heteroatoms. The van der Waals surface area contributed by atoms with Crippen LogP contribution in [0.4, 0.5) is 0 Å². The van der Waals surface area contributed by atoms with Crippen molar-refractivity contribution in [3.63, 3.8) is 0 Å². The van der Waals surface area contributed by atoms with Gasteiger partial charge in [0.1, 0.15) is 11.8 Å². The molecule has 2 nitrogen and oxygen atoms in total. The highest BCUT2D eigenvalue weighted by atomic mass is 79.9. The Kier molecular flexibility index (Phi) is 2.81. The molecular formula is C11H5BrClNO. The van der Waals surface area contributed by atoms with E-state index in [4.69, 9.17) is 21.3 Å². The van der Waals surface area contributed by atoms with Crippen molar-refractivity contribution in [2.24, 2.45) is 0 Å². The van der Waals surface area contributed by atoms with Crippen molar-refractivity contribution in [1.29, 1.82) is 5.26 Å². The summed E-state index contributed by atoms with van der Waals surface area (Å²) in [6, 6.07) is 10.8. The molecule has 0 aliphatic rings. The quantitative estimate of drug-likeness (QED) is 0.784. The molecule has 2 aromatic rings. The number of nitrogens with zero attached hydrogens (tertiary/aromatic N) is 1. The van der Waals surface area contributed by atoms with Gasteiger partial charge in [-0.15, -0.1) is 0 Å². The first-order valence-electron chi connectivity index (χ1n) is 4.16. The number of rotatable bonds is 1. The Labute approximate surface area is 100 Å². The minimum absolute atomic E-state index is 0.281. The molecule has 0 fully saturated rings. The predicted octanol–water partition coefficient (Wildman–Crippen LogP) is 4.23. The van der Waals surface area contributed by atoms with E-state index in [2.05, 4.69) is 15.9 Å². The molecule has 0 radical (unpaired) electrons. The predicted molar refractivity (Wildman–Crippen MR) is 61.6 cm³/mol. The van der Waals surface area contributed by atoms with Crippen LogP contribution >= 0.6 is 27.5 Å². The standard InChI is InChI=1S/C11H5BrClNO/c12-7-1-3-9(10(13)5-7)11-4-2-8(6-14)15-11/h1-5H. The van der Waals surface area contributed by atoms with Gasteiger partial charge in [-0.3, -0.25) is 0 Å². The van der Waals surface area contributed by atoms with Crippen LogP contribution in [0, 0.1) is 11.3 Å². The first-order chi connectivity index (χ1) is 7.20. The summed E-state index contributed by atoms with van der Waals surface area (Å²) in [4.78, 5) is 0. The summed E-state index contributed by atoms with van der Waals surface area (Å²) in [7, 11) is 0. The molecular weight excluding hydrogens is 277 g/mol. The number of hydrogen-bond donors (Lipinski definition) is 0. The van der Waals surface area contributed by atoms with Crippen LogP contribution in [0.15, 0.2) is 39.2 Å². The van der Waals surface area contributed by atoms with Crippen molar-refractivity contribution >= 4 is 27.5 Å². The van der Waals surface area contributed by atoms with E-state index in [-0.39, 0.29) is 5.76 Å². The van der Waals surface area contributed by atoms with Gasteiger partial charge in [0, 0.05) is 10.0 Å². The molecule has 15 heavy (non-hydrogen) atoms. The fourth-order valence-corrected chi connectivity index (χ4v) is 2.00. The lowest BCUT2D eigenvalue weighted by atomic mass is 10.2. The molecule has 0 saturated carbocycles. The van der Waals surface area contributed by atoms with Crippen molar-refractivity contribution in [3.8, 4) is 17.4 Å². The van der Waals surface area contributed by atoms with Crippen LogP contribution in [-0.2, 0) is 0 Å². The van der Waals surface area contributed by atoms with Crippen molar-refractivity contribution in [3.05, 3.63) is 45.6 Å². The van der Waals surface area contributed by atoms with Gasteiger partial charge in [0.2, 0.25) is 5.76 Å². The molecule has 1 aromatic heterocycles. The van der Waals surface area contributed by atoms with Crippen LogP contribution in [-0.4, -0.2) is 0 Å². The SMILES string of the molecule is N#Cc1ccc(-c2ccc(Br)cc2Cl)o1. The summed E-state index contributed by atoms with van der Waals surface area (Å²) in [6.45, 7) is 0. The molecule has 0 N–H and O–H groups in total. The topological polar surface area (TPSA) is 36.9 Å². The number of halogens is 2. The van der Waals surface area contributed by atoms with Crippen LogP contribution in [0.25, 0.3) is 11.3 Å². The summed E-state index contributed by atoms with van der Waals surface area (Å²) in [5, 5.41) is 9.21. The van der Waals surface area contributed by atoms with Gasteiger partial charge in [0.25, 0.3) is 0 Å². The first-order valence-corrected chi connectivity index (χ1v) is 5.33. The molecule has 0 bridgehead atoms. The molecule has 0 unspecified atom stereocenters. The zero-order valence-corrected chi connectivity index (χ0v) is 9.84. The molecule has 0 saturated heterocycles. The van der Waals surface area contributed by atoms with E-state index in [1.807, 2.05) is 18.2 Å². The fourth-order valence-electron chi connectivity index (χ4n) is 1.23. The van der Waals surface area contributed by atoms with E-state index in [9.17, 15) is 0 Å². The second-order valence-electron chi connectivity index (χ2n) is 2.90. The number of hydrogen-bond acceptors (Lipinski definition) is 2. The van der Waals surface area contributed by atoms with Gasteiger partial charge in [0.15, 0.2) is 0 Å². The highest BCUT2D eigenvalue weighted by Gasteiger charge is 2.08. The third-order valence-electron chi connectivity index (χ3n) is 1.91. The average molecular weight is 283 g/mol. The molecule has 0 aliphatic carbocycles. The lowest BCUT2D eigenvalue weighted by molar-refractivity contribution is 0.567. The maximum absolute atomic E-state index is 8.63. The number of furan rings is 1. The molecule has 0 amide bonds. The van der Waals surface area contributed by atoms with Crippen LogP contribution in [0.5, 0.6) is 0 Å². The van der Waals surface area contributed by atoms with Gasteiger partial charge < -0.3 is 4.42 Å². The van der Waals surface area contributed by atoms with Gasteiger partial charge >= 0.3 is 0 Å². The molecule has 0 spiro atoms. The Morgan fingerprint density at radius 1 is 1.27 bits per heavy atom. The fraction of sp³-hybridized carbons (Fsp3) is 0. The summed E-state index contributed by atoms with van der Waals surface area (Å²) >= 11 is 9.36. The van der Waals surface area contributed by atoms with Crippen molar-refractivity contribution in [2.75, 3.05) is 0 Å². The molecule has 74 valence electrons. The lowest BCUT2D eigenvalue weighted by Crippen LogP contribution is -1.76. The van der Waals surface area contributed by atoms with Gasteiger partial charge in [-0.05, 0) is 30.3 Å². The largest absolute Gasteiger partial charge is 0.446 e. The van der Waals surface area contributed by atoms with E-state index in [1.165, 1.54) is 0 Å². The smallest absolute Gasteiger partial charge is 0.204 e. The van der Waals surface area contributed by atoms with E-state index in [1.54, 1.807) is 18.2 Å². The van der Waals surface area contributed by atoms with Crippen molar-refractivity contribution in [2.45, 2.75) is 0 Å². The Morgan fingerprint density at radius 2 is 2.07 bits per heavy atom. The second-order valence-corrected chi connectivity index (χ2v) is 4.22. The maximum Gasteiger partial charge on any atom is 0.204 e. The molecule has 1 heterocycles. The Hall–Kier alpha value is -1.24. The number of nitriles is 1. The highest BCUT2D eigenvalue weighted by Crippen LogP contribution is 2.31. The third-order valence-corrected chi connectivity index (χ3v) is 2.72. The Morgan fingerprint density at radius 3 is 2.67 bits per heavy atom. The summed E-state index contributed by atoms with van der Waals surface area (Å²) in [5.41, 5.74) is 0.779. The summed E-state index contributed by atoms with van der Waals surface area (Å²) in [5.74, 6) is 0.882. The summed E-state index contributed by atoms with van der Waals surface area (Å²) in [6.07, 6.45) is 0. The van der Waals surface area contributed by atoms with Crippen LogP contribution < -0.4 is 0 Å². The van der Waals surface area contributed by atoms with Crippen molar-refractivity contribution in [1.82, 2.24) is 0 Å². The van der Waals surface area contributed by atoms with Crippen molar-refractivity contribution < 1.29 is 4.42 Å². The molecule has 2 rings (SSSR count).